The quantitative estimate of drug-likeness (QED) is 0.734. The molecule has 2 aliphatic rings. The molecule has 1 atom stereocenters. The van der Waals surface area contributed by atoms with E-state index in [1.165, 1.54) is 0 Å². The summed E-state index contributed by atoms with van der Waals surface area (Å²) in [5, 5.41) is 1.22. The topological polar surface area (TPSA) is 76.7 Å². The Morgan fingerprint density at radius 2 is 1.90 bits per heavy atom. The highest BCUT2D eigenvalue weighted by molar-refractivity contribution is 7.22. The number of aromatic nitrogens is 2. The first-order chi connectivity index (χ1) is 13.6. The van der Waals surface area contributed by atoms with Crippen LogP contribution in [0.3, 0.4) is 0 Å². The number of anilines is 3. The molecule has 0 bridgehead atoms. The molecule has 4 heterocycles. The molecule has 160 valence electrons. The summed E-state index contributed by atoms with van der Waals surface area (Å²) in [7, 11) is -1.78. The van der Waals surface area contributed by atoms with Crippen LogP contribution in [0.15, 0.2) is 6.07 Å². The average molecular weight is 436 g/mol. The second-order valence-corrected chi connectivity index (χ2v) is 15.3. The fraction of sp³-hybridized carbons (Fsp3) is 0.700. The van der Waals surface area contributed by atoms with E-state index in [0.717, 1.165) is 72.8 Å². The minimum Gasteiger partial charge on any atom is -0.412 e. The van der Waals surface area contributed by atoms with Crippen molar-refractivity contribution in [1.29, 1.82) is 0 Å². The molecule has 2 aromatic heterocycles. The van der Waals surface area contributed by atoms with Crippen LogP contribution in [0.2, 0.25) is 18.1 Å². The number of nitrogen functional groups attached to an aromatic ring is 1. The first-order valence-electron chi connectivity index (χ1n) is 10.5. The molecule has 2 aliphatic heterocycles. The van der Waals surface area contributed by atoms with Crippen LogP contribution < -0.4 is 15.5 Å². The number of morpholine rings is 1. The Kier molecular flexibility index (Phi) is 5.52. The van der Waals surface area contributed by atoms with Crippen molar-refractivity contribution in [2.45, 2.75) is 51.4 Å². The van der Waals surface area contributed by atoms with Crippen molar-refractivity contribution in [3.05, 3.63) is 6.07 Å². The van der Waals surface area contributed by atoms with Crippen LogP contribution in [0.5, 0.6) is 0 Å². The third-order valence-electron chi connectivity index (χ3n) is 6.37. The van der Waals surface area contributed by atoms with Crippen molar-refractivity contribution in [2.75, 3.05) is 54.9 Å². The summed E-state index contributed by atoms with van der Waals surface area (Å²) in [4.78, 5) is 14.2. The van der Waals surface area contributed by atoms with Crippen LogP contribution in [0, 0.1) is 0 Å². The van der Waals surface area contributed by atoms with Crippen molar-refractivity contribution in [1.82, 2.24) is 9.97 Å². The molecule has 0 saturated carbocycles. The molecule has 0 amide bonds. The number of nitrogens with zero attached hydrogens (tertiary/aromatic N) is 4. The molecule has 9 heteroatoms. The highest BCUT2D eigenvalue weighted by Gasteiger charge is 2.40. The van der Waals surface area contributed by atoms with Crippen molar-refractivity contribution in [3.8, 4) is 0 Å². The molecule has 0 aliphatic carbocycles. The predicted molar refractivity (Wildman–Crippen MR) is 124 cm³/mol. The monoisotopic (exact) mass is 435 g/mol. The molecule has 2 aromatic rings. The fourth-order valence-electron chi connectivity index (χ4n) is 3.61. The minimum absolute atomic E-state index is 0.215. The Hall–Kier alpha value is -1.42. The van der Waals surface area contributed by atoms with Gasteiger partial charge in [-0.15, -0.1) is 0 Å². The lowest BCUT2D eigenvalue weighted by Crippen LogP contribution is -2.44. The summed E-state index contributed by atoms with van der Waals surface area (Å²) in [6.45, 7) is 16.5. The molecule has 2 fully saturated rings. The van der Waals surface area contributed by atoms with Gasteiger partial charge in [0.05, 0.1) is 29.7 Å². The van der Waals surface area contributed by atoms with E-state index in [4.69, 9.17) is 24.9 Å². The van der Waals surface area contributed by atoms with Gasteiger partial charge < -0.3 is 24.7 Å². The van der Waals surface area contributed by atoms with Gasteiger partial charge in [0.2, 0.25) is 0 Å². The van der Waals surface area contributed by atoms with Gasteiger partial charge in [0.1, 0.15) is 0 Å². The Balaban J connectivity index is 1.51. The molecule has 2 saturated heterocycles. The maximum Gasteiger partial charge on any atom is 0.192 e. The van der Waals surface area contributed by atoms with Crippen LogP contribution in [0.4, 0.5) is 16.6 Å². The molecule has 29 heavy (non-hydrogen) atoms. The lowest BCUT2D eigenvalue weighted by atomic mass is 10.2. The molecule has 7 nitrogen and oxygen atoms in total. The number of rotatable bonds is 4. The van der Waals surface area contributed by atoms with Crippen LogP contribution >= 0.6 is 11.3 Å². The van der Waals surface area contributed by atoms with Gasteiger partial charge in [-0.1, -0.05) is 32.1 Å². The van der Waals surface area contributed by atoms with E-state index in [1.807, 2.05) is 6.07 Å². The minimum atomic E-state index is -1.78. The zero-order valence-corrected chi connectivity index (χ0v) is 20.0. The molecule has 0 aromatic carbocycles. The number of hydrogen-bond donors (Lipinski definition) is 1. The number of fused-ring (bicyclic) bond motifs is 1. The second-order valence-electron chi connectivity index (χ2n) is 9.55. The third-order valence-corrected chi connectivity index (χ3v) is 12.0. The molecular formula is C20H33N5O2SSi. The molecule has 2 N–H and O–H groups in total. The largest absolute Gasteiger partial charge is 0.412 e. The summed E-state index contributed by atoms with van der Waals surface area (Å²) in [6, 6.07) is 2.03. The highest BCUT2D eigenvalue weighted by atomic mass is 32.1. The van der Waals surface area contributed by atoms with Crippen molar-refractivity contribution in [3.63, 3.8) is 0 Å². The standard InChI is InChI=1S/C20H33N5O2SSi/c1-20(2,3)29(4,5)27-14-6-7-25(13-14)18-15(21)12-16-17(22-18)23-19(28-16)24-8-10-26-11-9-24/h12,14H,6-11,13,21H2,1-5H3. The molecule has 4 rings (SSSR count). The first kappa shape index (κ1) is 20.8. The van der Waals surface area contributed by atoms with Gasteiger partial charge in [-0.05, 0) is 30.6 Å². The predicted octanol–water partition coefficient (Wildman–Crippen LogP) is 3.71. The first-order valence-corrected chi connectivity index (χ1v) is 14.2. The van der Waals surface area contributed by atoms with Gasteiger partial charge in [-0.3, -0.25) is 0 Å². The Morgan fingerprint density at radius 1 is 1.17 bits per heavy atom. The maximum absolute atomic E-state index is 6.62. The van der Waals surface area contributed by atoms with Gasteiger partial charge in [-0.25, -0.2) is 4.98 Å². The summed E-state index contributed by atoms with van der Waals surface area (Å²) in [5.74, 6) is 0.845. The fourth-order valence-corrected chi connectivity index (χ4v) is 6.00. The van der Waals surface area contributed by atoms with E-state index in [1.54, 1.807) is 11.3 Å². The van der Waals surface area contributed by atoms with Crippen LogP contribution in [0.25, 0.3) is 10.3 Å². The zero-order valence-electron chi connectivity index (χ0n) is 18.2. The van der Waals surface area contributed by atoms with Gasteiger partial charge in [0, 0.05) is 26.2 Å². The van der Waals surface area contributed by atoms with Crippen LogP contribution in [-0.2, 0) is 9.16 Å². The van der Waals surface area contributed by atoms with E-state index in [0.29, 0.717) is 0 Å². The van der Waals surface area contributed by atoms with Crippen molar-refractivity contribution in [2.24, 2.45) is 0 Å². The average Bonchev–Trinajstić information content (AvgIpc) is 3.27. The van der Waals surface area contributed by atoms with Crippen LogP contribution in [0.1, 0.15) is 27.2 Å². The van der Waals surface area contributed by atoms with E-state index < -0.39 is 8.32 Å². The summed E-state index contributed by atoms with van der Waals surface area (Å²) in [5.41, 5.74) is 7.92. The molecule has 1 unspecified atom stereocenters. The number of hydrogen-bond acceptors (Lipinski definition) is 8. The lowest BCUT2D eigenvalue weighted by Gasteiger charge is -2.38. The Labute approximate surface area is 178 Å². The Bertz CT molecular complexity index is 876. The van der Waals surface area contributed by atoms with Crippen molar-refractivity contribution >= 4 is 46.6 Å². The second kappa shape index (κ2) is 7.68. The zero-order chi connectivity index (χ0) is 20.8. The van der Waals surface area contributed by atoms with Crippen LogP contribution in [-0.4, -0.2) is 63.8 Å². The summed E-state index contributed by atoms with van der Waals surface area (Å²) >= 11 is 1.66. The summed E-state index contributed by atoms with van der Waals surface area (Å²) < 4.78 is 13.1. The SMILES string of the molecule is CC(C)(C)[Si](C)(C)OC1CCN(c2nc3nc(N4CCOCC4)sc3cc2N)C1. The molecule has 0 radical (unpaired) electrons. The Morgan fingerprint density at radius 3 is 2.59 bits per heavy atom. The lowest BCUT2D eigenvalue weighted by molar-refractivity contribution is 0.122. The van der Waals surface area contributed by atoms with Gasteiger partial charge in [0.15, 0.2) is 24.9 Å². The summed E-state index contributed by atoms with van der Waals surface area (Å²) in [6.07, 6.45) is 1.26. The van der Waals surface area contributed by atoms with E-state index in [-0.39, 0.29) is 11.1 Å². The van der Waals surface area contributed by atoms with E-state index in [9.17, 15) is 0 Å². The maximum atomic E-state index is 6.62. The smallest absolute Gasteiger partial charge is 0.192 e. The normalized spacial score (nSPS) is 21.3. The number of nitrogens with two attached hydrogens (primary N) is 1. The van der Waals surface area contributed by atoms with Gasteiger partial charge in [0.25, 0.3) is 0 Å². The van der Waals surface area contributed by atoms with E-state index >= 15 is 0 Å². The number of pyridine rings is 1. The highest BCUT2D eigenvalue weighted by Crippen LogP contribution is 2.39. The molecule has 0 spiro atoms. The number of ether oxygens (including phenoxy) is 1. The van der Waals surface area contributed by atoms with Gasteiger partial charge in [-0.2, -0.15) is 4.98 Å². The van der Waals surface area contributed by atoms with E-state index in [2.05, 4.69) is 43.7 Å². The van der Waals surface area contributed by atoms with Crippen molar-refractivity contribution < 1.29 is 9.16 Å². The molecular weight excluding hydrogens is 402 g/mol. The number of thiazole rings is 1. The third kappa shape index (κ3) is 4.23. The van der Waals surface area contributed by atoms with Gasteiger partial charge >= 0.3 is 0 Å².